The van der Waals surface area contributed by atoms with Crippen LogP contribution in [0.15, 0.2) is 39.5 Å². The highest BCUT2D eigenvalue weighted by atomic mass is 16.6. The molecule has 0 bridgehead atoms. The molecule has 38 heavy (non-hydrogen) atoms. The Labute approximate surface area is 216 Å². The van der Waals surface area contributed by atoms with E-state index in [0.29, 0.717) is 17.1 Å². The number of carbonyl (C=O) groups excluding carboxylic acids is 1. The van der Waals surface area contributed by atoms with Gasteiger partial charge in [0.1, 0.15) is 52.6 Å². The van der Waals surface area contributed by atoms with E-state index < -0.39 is 41.9 Å². The van der Waals surface area contributed by atoms with Crippen molar-refractivity contribution in [3.8, 4) is 34.3 Å². The number of ether oxygens (including phenoxy) is 6. The van der Waals surface area contributed by atoms with E-state index in [9.17, 15) is 24.9 Å². The SMILES string of the molecule is COC(=O)C1OC(c2c(OC)cc3oc(-c4ccc(OC)c(OC)c4)cc(=O)c3c2OC)C(O)C(O)C1O. The first-order valence-electron chi connectivity index (χ1n) is 11.4. The van der Waals surface area contributed by atoms with Gasteiger partial charge in [0.05, 0.1) is 41.1 Å². The summed E-state index contributed by atoms with van der Waals surface area (Å²) < 4.78 is 38.0. The molecule has 1 aliphatic heterocycles. The number of fused-ring (bicyclic) bond motifs is 1. The van der Waals surface area contributed by atoms with Crippen molar-refractivity contribution in [2.75, 3.05) is 35.5 Å². The number of aliphatic hydroxyl groups excluding tert-OH is 3. The first kappa shape index (κ1) is 27.2. The molecule has 0 radical (unpaired) electrons. The van der Waals surface area contributed by atoms with Crippen LogP contribution in [-0.4, -0.2) is 81.3 Å². The van der Waals surface area contributed by atoms with Crippen LogP contribution in [0.5, 0.6) is 23.0 Å². The Morgan fingerprint density at radius 1 is 0.816 bits per heavy atom. The largest absolute Gasteiger partial charge is 0.496 e. The molecule has 3 aromatic rings. The lowest BCUT2D eigenvalue weighted by molar-refractivity contribution is -0.231. The molecule has 1 saturated heterocycles. The Morgan fingerprint density at radius 2 is 1.50 bits per heavy atom. The molecule has 0 aliphatic carbocycles. The second kappa shape index (κ2) is 10.9. The van der Waals surface area contributed by atoms with Gasteiger partial charge in [-0.3, -0.25) is 4.79 Å². The van der Waals surface area contributed by atoms with E-state index in [1.165, 1.54) is 40.6 Å². The van der Waals surface area contributed by atoms with Crippen molar-refractivity contribution < 1.29 is 53.0 Å². The van der Waals surface area contributed by atoms with Crippen LogP contribution in [-0.2, 0) is 14.3 Å². The minimum absolute atomic E-state index is 0.00134. The molecular weight excluding hydrogens is 504 g/mol. The number of aliphatic hydroxyl groups is 3. The molecule has 12 nitrogen and oxygen atoms in total. The summed E-state index contributed by atoms with van der Waals surface area (Å²) in [6.07, 6.45) is -8.34. The highest BCUT2D eigenvalue weighted by Gasteiger charge is 2.49. The van der Waals surface area contributed by atoms with Crippen molar-refractivity contribution >= 4 is 16.9 Å². The van der Waals surface area contributed by atoms with Crippen molar-refractivity contribution in [3.05, 3.63) is 46.1 Å². The van der Waals surface area contributed by atoms with E-state index in [-0.39, 0.29) is 33.8 Å². The fourth-order valence-electron chi connectivity index (χ4n) is 4.49. The third-order valence-electron chi connectivity index (χ3n) is 6.40. The molecule has 5 atom stereocenters. The standard InChI is InChI=1S/C26H28O12/c1-32-13-7-6-11(8-15(13)33-2)14-9-12(27)18-17(37-14)10-16(34-3)19(23(18)35-4)24-21(29)20(28)22(30)25(38-24)26(31)36-5/h6-10,20-22,24-25,28-30H,1-5H3. The quantitative estimate of drug-likeness (QED) is 0.373. The Balaban J connectivity index is 1.91. The first-order valence-corrected chi connectivity index (χ1v) is 11.4. The van der Waals surface area contributed by atoms with Crippen LogP contribution in [0.3, 0.4) is 0 Å². The van der Waals surface area contributed by atoms with Crippen molar-refractivity contribution in [1.82, 2.24) is 0 Å². The normalized spacial score (nSPS) is 23.1. The molecule has 3 N–H and O–H groups in total. The van der Waals surface area contributed by atoms with E-state index in [1.54, 1.807) is 18.2 Å². The van der Waals surface area contributed by atoms with Crippen molar-refractivity contribution in [3.63, 3.8) is 0 Å². The predicted octanol–water partition coefficient (Wildman–Crippen LogP) is 1.19. The molecule has 204 valence electrons. The summed E-state index contributed by atoms with van der Waals surface area (Å²) >= 11 is 0. The summed E-state index contributed by atoms with van der Waals surface area (Å²) in [4.78, 5) is 25.6. The fraction of sp³-hybridized carbons (Fsp3) is 0.385. The average molecular weight is 532 g/mol. The smallest absolute Gasteiger partial charge is 0.337 e. The summed E-state index contributed by atoms with van der Waals surface area (Å²) in [7, 11) is 6.70. The Morgan fingerprint density at radius 3 is 2.11 bits per heavy atom. The zero-order valence-corrected chi connectivity index (χ0v) is 21.3. The topological polar surface area (TPSA) is 163 Å². The monoisotopic (exact) mass is 532 g/mol. The van der Waals surface area contributed by atoms with Crippen LogP contribution in [0.4, 0.5) is 0 Å². The Hall–Kier alpha value is -3.84. The van der Waals surface area contributed by atoms with E-state index >= 15 is 0 Å². The number of esters is 1. The zero-order chi connectivity index (χ0) is 27.7. The number of hydrogen-bond donors (Lipinski definition) is 3. The molecule has 0 amide bonds. The first-order chi connectivity index (χ1) is 18.2. The summed E-state index contributed by atoms with van der Waals surface area (Å²) in [6, 6.07) is 7.68. The predicted molar refractivity (Wildman–Crippen MR) is 132 cm³/mol. The van der Waals surface area contributed by atoms with Gasteiger partial charge in [-0.05, 0) is 18.2 Å². The second-order valence-corrected chi connectivity index (χ2v) is 8.42. The van der Waals surface area contributed by atoms with Gasteiger partial charge in [0.25, 0.3) is 0 Å². The third kappa shape index (κ3) is 4.52. The lowest BCUT2D eigenvalue weighted by Crippen LogP contribution is -2.57. The van der Waals surface area contributed by atoms with Gasteiger partial charge in [-0.1, -0.05) is 0 Å². The lowest BCUT2D eigenvalue weighted by atomic mass is 9.89. The molecule has 1 aromatic heterocycles. The maximum atomic E-state index is 13.4. The summed E-state index contributed by atoms with van der Waals surface area (Å²) in [5.74, 6) is 0.185. The Bertz CT molecular complexity index is 1400. The van der Waals surface area contributed by atoms with E-state index in [2.05, 4.69) is 4.74 Å². The van der Waals surface area contributed by atoms with Gasteiger partial charge in [0.2, 0.25) is 0 Å². The lowest BCUT2D eigenvalue weighted by Gasteiger charge is -2.40. The molecule has 2 aromatic carbocycles. The third-order valence-corrected chi connectivity index (χ3v) is 6.40. The summed E-state index contributed by atoms with van der Waals surface area (Å²) in [6.45, 7) is 0. The maximum absolute atomic E-state index is 13.4. The van der Waals surface area contributed by atoms with Gasteiger partial charge >= 0.3 is 5.97 Å². The zero-order valence-electron chi connectivity index (χ0n) is 21.3. The molecule has 0 spiro atoms. The van der Waals surface area contributed by atoms with Gasteiger partial charge in [-0.15, -0.1) is 0 Å². The number of hydrogen-bond acceptors (Lipinski definition) is 12. The van der Waals surface area contributed by atoms with Crippen molar-refractivity contribution in [2.24, 2.45) is 0 Å². The van der Waals surface area contributed by atoms with Gasteiger partial charge in [0, 0.05) is 17.7 Å². The summed E-state index contributed by atoms with van der Waals surface area (Å²) in [5, 5.41) is 31.5. The van der Waals surface area contributed by atoms with Crippen LogP contribution in [0.25, 0.3) is 22.3 Å². The fourth-order valence-corrected chi connectivity index (χ4v) is 4.49. The van der Waals surface area contributed by atoms with E-state index in [1.807, 2.05) is 0 Å². The van der Waals surface area contributed by atoms with E-state index in [0.717, 1.165) is 7.11 Å². The van der Waals surface area contributed by atoms with Crippen LogP contribution in [0.1, 0.15) is 11.7 Å². The number of benzene rings is 2. The van der Waals surface area contributed by atoms with Crippen LogP contribution in [0.2, 0.25) is 0 Å². The number of rotatable bonds is 7. The maximum Gasteiger partial charge on any atom is 0.337 e. The second-order valence-electron chi connectivity index (χ2n) is 8.42. The van der Waals surface area contributed by atoms with Gasteiger partial charge in [0.15, 0.2) is 23.0 Å². The molecular formula is C26H28O12. The minimum Gasteiger partial charge on any atom is -0.496 e. The number of methoxy groups -OCH3 is 5. The van der Waals surface area contributed by atoms with Crippen molar-refractivity contribution in [2.45, 2.75) is 30.5 Å². The molecule has 0 saturated carbocycles. The van der Waals surface area contributed by atoms with Crippen LogP contribution < -0.4 is 24.4 Å². The molecule has 1 fully saturated rings. The highest BCUT2D eigenvalue weighted by molar-refractivity contribution is 5.89. The van der Waals surface area contributed by atoms with Gasteiger partial charge in [-0.2, -0.15) is 0 Å². The highest BCUT2D eigenvalue weighted by Crippen LogP contribution is 2.46. The average Bonchev–Trinajstić information content (AvgIpc) is 2.94. The molecule has 2 heterocycles. The van der Waals surface area contributed by atoms with Crippen LogP contribution in [0, 0.1) is 0 Å². The van der Waals surface area contributed by atoms with Crippen LogP contribution >= 0.6 is 0 Å². The molecule has 1 aliphatic rings. The van der Waals surface area contributed by atoms with Crippen molar-refractivity contribution in [1.29, 1.82) is 0 Å². The van der Waals surface area contributed by atoms with E-state index in [4.69, 9.17) is 28.1 Å². The number of carbonyl (C=O) groups is 1. The summed E-state index contributed by atoms with van der Waals surface area (Å²) in [5.41, 5.74) is 0.163. The van der Waals surface area contributed by atoms with Gasteiger partial charge < -0.3 is 48.2 Å². The molecule has 4 rings (SSSR count). The molecule has 12 heteroatoms. The molecule has 5 unspecified atom stereocenters. The Kier molecular flexibility index (Phi) is 7.78. The minimum atomic E-state index is -1.79. The van der Waals surface area contributed by atoms with Gasteiger partial charge in [-0.25, -0.2) is 4.79 Å².